The maximum absolute atomic E-state index is 8.48. The molecule has 0 radical (unpaired) electrons. The van der Waals surface area contributed by atoms with Gasteiger partial charge in [-0.2, -0.15) is 0 Å². The quantitative estimate of drug-likeness (QED) is 0.377. The SMILES string of the molecule is N/C(Cc1ccc(OCc2cccs2)cc1)=N\O. The van der Waals surface area contributed by atoms with Crippen LogP contribution < -0.4 is 10.5 Å². The first-order valence-electron chi connectivity index (χ1n) is 5.48. The van der Waals surface area contributed by atoms with Gasteiger partial charge in [0.25, 0.3) is 0 Å². The average molecular weight is 262 g/mol. The highest BCUT2D eigenvalue weighted by molar-refractivity contribution is 7.09. The van der Waals surface area contributed by atoms with Crippen LogP contribution in [-0.4, -0.2) is 11.0 Å². The predicted octanol–water partition coefficient (Wildman–Crippen LogP) is 2.62. The van der Waals surface area contributed by atoms with Crippen molar-refractivity contribution in [3.63, 3.8) is 0 Å². The molecule has 94 valence electrons. The first-order chi connectivity index (χ1) is 8.78. The van der Waals surface area contributed by atoms with Gasteiger partial charge in [-0.1, -0.05) is 23.4 Å². The Morgan fingerprint density at radius 1 is 1.28 bits per heavy atom. The number of ether oxygens (including phenoxy) is 1. The Hall–Kier alpha value is -2.01. The molecule has 0 fully saturated rings. The zero-order valence-electron chi connectivity index (χ0n) is 9.74. The second-order valence-electron chi connectivity index (χ2n) is 3.78. The van der Waals surface area contributed by atoms with Gasteiger partial charge in [0, 0.05) is 11.3 Å². The van der Waals surface area contributed by atoms with E-state index < -0.39 is 0 Å². The van der Waals surface area contributed by atoms with Gasteiger partial charge in [0.15, 0.2) is 0 Å². The van der Waals surface area contributed by atoms with Gasteiger partial charge in [-0.05, 0) is 29.1 Å². The van der Waals surface area contributed by atoms with Crippen molar-refractivity contribution in [2.24, 2.45) is 10.9 Å². The second kappa shape index (κ2) is 6.07. The molecule has 0 aliphatic rings. The summed E-state index contributed by atoms with van der Waals surface area (Å²) in [4.78, 5) is 1.19. The van der Waals surface area contributed by atoms with Crippen molar-refractivity contribution in [1.29, 1.82) is 0 Å². The number of hydrogen-bond donors (Lipinski definition) is 2. The van der Waals surface area contributed by atoms with E-state index in [1.54, 1.807) is 11.3 Å². The van der Waals surface area contributed by atoms with Gasteiger partial charge in [0.05, 0.1) is 0 Å². The summed E-state index contributed by atoms with van der Waals surface area (Å²) in [5.41, 5.74) is 6.42. The minimum absolute atomic E-state index is 0.197. The Kier molecular flexibility index (Phi) is 4.20. The number of amidine groups is 1. The minimum atomic E-state index is 0.197. The largest absolute Gasteiger partial charge is 0.488 e. The molecule has 0 aliphatic carbocycles. The smallest absolute Gasteiger partial charge is 0.143 e. The van der Waals surface area contributed by atoms with E-state index in [9.17, 15) is 0 Å². The van der Waals surface area contributed by atoms with Crippen LogP contribution in [0.2, 0.25) is 0 Å². The van der Waals surface area contributed by atoms with Crippen LogP contribution in [-0.2, 0) is 13.0 Å². The van der Waals surface area contributed by atoms with E-state index in [1.165, 1.54) is 4.88 Å². The summed E-state index contributed by atoms with van der Waals surface area (Å²) in [5.74, 6) is 1.01. The van der Waals surface area contributed by atoms with Crippen molar-refractivity contribution in [3.05, 3.63) is 52.2 Å². The Morgan fingerprint density at radius 3 is 2.67 bits per heavy atom. The molecule has 0 aliphatic heterocycles. The summed E-state index contributed by atoms with van der Waals surface area (Å²) >= 11 is 1.67. The van der Waals surface area contributed by atoms with Crippen LogP contribution in [0.5, 0.6) is 5.75 Å². The molecule has 1 heterocycles. The van der Waals surface area contributed by atoms with Crippen LogP contribution in [0.15, 0.2) is 46.9 Å². The maximum atomic E-state index is 8.48. The third-order valence-electron chi connectivity index (χ3n) is 2.40. The predicted molar refractivity (Wildman–Crippen MR) is 72.2 cm³/mol. The van der Waals surface area contributed by atoms with Crippen molar-refractivity contribution in [3.8, 4) is 5.75 Å². The Bertz CT molecular complexity index is 506. The lowest BCUT2D eigenvalue weighted by molar-refractivity contribution is 0.310. The van der Waals surface area contributed by atoms with E-state index in [-0.39, 0.29) is 5.84 Å². The van der Waals surface area contributed by atoms with Crippen LogP contribution in [0.25, 0.3) is 0 Å². The lowest BCUT2D eigenvalue weighted by Crippen LogP contribution is -2.14. The summed E-state index contributed by atoms with van der Waals surface area (Å²) in [7, 11) is 0. The van der Waals surface area contributed by atoms with Crippen molar-refractivity contribution in [2.75, 3.05) is 0 Å². The zero-order valence-corrected chi connectivity index (χ0v) is 10.6. The molecule has 0 amide bonds. The van der Waals surface area contributed by atoms with Crippen molar-refractivity contribution < 1.29 is 9.94 Å². The summed E-state index contributed by atoms with van der Waals surface area (Å²) < 4.78 is 5.64. The summed E-state index contributed by atoms with van der Waals surface area (Å²) in [5, 5.41) is 13.4. The van der Waals surface area contributed by atoms with Gasteiger partial charge in [-0.25, -0.2) is 0 Å². The van der Waals surface area contributed by atoms with Crippen LogP contribution >= 0.6 is 11.3 Å². The summed E-state index contributed by atoms with van der Waals surface area (Å²) in [6, 6.07) is 11.6. The normalized spacial score (nSPS) is 11.4. The molecule has 2 rings (SSSR count). The highest BCUT2D eigenvalue weighted by Crippen LogP contribution is 2.16. The molecule has 0 bridgehead atoms. The molecule has 1 aromatic carbocycles. The third-order valence-corrected chi connectivity index (χ3v) is 3.25. The monoisotopic (exact) mass is 262 g/mol. The molecule has 3 N–H and O–H groups in total. The number of rotatable bonds is 5. The standard InChI is InChI=1S/C13H14N2O2S/c14-13(15-16)8-10-3-5-11(6-4-10)17-9-12-2-1-7-18-12/h1-7,16H,8-9H2,(H2,14,15). The molecule has 5 heteroatoms. The number of oxime groups is 1. The summed E-state index contributed by atoms with van der Waals surface area (Å²) in [6.45, 7) is 0.581. The first-order valence-corrected chi connectivity index (χ1v) is 6.36. The molecule has 4 nitrogen and oxygen atoms in total. The van der Waals surface area contributed by atoms with E-state index in [4.69, 9.17) is 15.7 Å². The fourth-order valence-electron chi connectivity index (χ4n) is 1.50. The molecular weight excluding hydrogens is 248 g/mol. The van der Waals surface area contributed by atoms with Gasteiger partial charge in [-0.3, -0.25) is 0 Å². The number of nitrogens with two attached hydrogens (primary N) is 1. The second-order valence-corrected chi connectivity index (χ2v) is 4.81. The van der Waals surface area contributed by atoms with Gasteiger partial charge in [0.1, 0.15) is 18.2 Å². The first kappa shape index (κ1) is 12.4. The molecular formula is C13H14N2O2S. The molecule has 0 atom stereocenters. The lowest BCUT2D eigenvalue weighted by Gasteiger charge is -2.05. The zero-order chi connectivity index (χ0) is 12.8. The molecule has 0 unspecified atom stereocenters. The van der Waals surface area contributed by atoms with E-state index in [2.05, 4.69) is 5.16 Å². The van der Waals surface area contributed by atoms with Gasteiger partial charge < -0.3 is 15.7 Å². The van der Waals surface area contributed by atoms with Gasteiger partial charge in [-0.15, -0.1) is 11.3 Å². The van der Waals surface area contributed by atoms with Crippen LogP contribution in [0, 0.1) is 0 Å². The van der Waals surface area contributed by atoms with Crippen LogP contribution in [0.4, 0.5) is 0 Å². The fraction of sp³-hybridized carbons (Fsp3) is 0.154. The lowest BCUT2D eigenvalue weighted by atomic mass is 10.1. The molecule has 0 saturated heterocycles. The Morgan fingerprint density at radius 2 is 2.06 bits per heavy atom. The van der Waals surface area contributed by atoms with E-state index in [1.807, 2.05) is 41.8 Å². The number of thiophene rings is 1. The highest BCUT2D eigenvalue weighted by Gasteiger charge is 2.00. The van der Waals surface area contributed by atoms with E-state index >= 15 is 0 Å². The molecule has 0 saturated carbocycles. The number of nitrogens with zero attached hydrogens (tertiary/aromatic N) is 1. The molecule has 2 aromatic rings. The highest BCUT2D eigenvalue weighted by atomic mass is 32.1. The van der Waals surface area contributed by atoms with Crippen LogP contribution in [0.3, 0.4) is 0 Å². The van der Waals surface area contributed by atoms with Crippen molar-refractivity contribution in [2.45, 2.75) is 13.0 Å². The number of hydrogen-bond acceptors (Lipinski definition) is 4. The minimum Gasteiger partial charge on any atom is -0.488 e. The Labute approximate surface area is 109 Å². The average Bonchev–Trinajstić information content (AvgIpc) is 2.91. The van der Waals surface area contributed by atoms with E-state index in [0.29, 0.717) is 13.0 Å². The van der Waals surface area contributed by atoms with Gasteiger partial charge >= 0.3 is 0 Å². The number of benzene rings is 1. The third kappa shape index (κ3) is 3.49. The van der Waals surface area contributed by atoms with Crippen molar-refractivity contribution >= 4 is 17.2 Å². The molecule has 18 heavy (non-hydrogen) atoms. The fourth-order valence-corrected chi connectivity index (χ4v) is 2.11. The molecule has 0 spiro atoms. The van der Waals surface area contributed by atoms with Gasteiger partial charge in [0.2, 0.25) is 0 Å². The van der Waals surface area contributed by atoms with Crippen LogP contribution in [0.1, 0.15) is 10.4 Å². The van der Waals surface area contributed by atoms with E-state index in [0.717, 1.165) is 11.3 Å². The summed E-state index contributed by atoms with van der Waals surface area (Å²) in [6.07, 6.45) is 0.432. The van der Waals surface area contributed by atoms with Crippen molar-refractivity contribution in [1.82, 2.24) is 0 Å². The topological polar surface area (TPSA) is 67.8 Å². The molecule has 1 aromatic heterocycles. The maximum Gasteiger partial charge on any atom is 0.143 e. The Balaban J connectivity index is 1.91.